The molecule has 0 saturated carbocycles. The van der Waals surface area contributed by atoms with Crippen LogP contribution in [0.1, 0.15) is 18.1 Å². The van der Waals surface area contributed by atoms with E-state index in [1.807, 2.05) is 48.5 Å². The molecule has 0 fully saturated rings. The van der Waals surface area contributed by atoms with Crippen LogP contribution in [0.5, 0.6) is 0 Å². The Balaban J connectivity index is 1.28. The summed E-state index contributed by atoms with van der Waals surface area (Å²) >= 11 is 0. The van der Waals surface area contributed by atoms with Crippen LogP contribution in [0.3, 0.4) is 0 Å². The lowest BCUT2D eigenvalue weighted by atomic mass is 10.0. The van der Waals surface area contributed by atoms with Crippen LogP contribution in [-0.2, 0) is 6.54 Å². The summed E-state index contributed by atoms with van der Waals surface area (Å²) in [5.74, 6) is 1.57. The Bertz CT molecular complexity index is 2360. The molecule has 2 heterocycles. The van der Waals surface area contributed by atoms with E-state index in [-0.39, 0.29) is 0 Å². The van der Waals surface area contributed by atoms with Crippen molar-refractivity contribution in [3.8, 4) is 11.1 Å². The van der Waals surface area contributed by atoms with Crippen molar-refractivity contribution in [1.82, 2.24) is 4.57 Å². The van der Waals surface area contributed by atoms with E-state index in [4.69, 9.17) is 14.4 Å². The second-order valence-corrected chi connectivity index (χ2v) is 11.0. The van der Waals surface area contributed by atoms with Crippen molar-refractivity contribution in [2.75, 3.05) is 0 Å². The van der Waals surface area contributed by atoms with E-state index in [0.29, 0.717) is 12.4 Å². The van der Waals surface area contributed by atoms with Crippen LogP contribution in [0.15, 0.2) is 160 Å². The molecule has 4 heteroatoms. The maximum absolute atomic E-state index is 6.38. The number of para-hydroxylation sites is 3. The van der Waals surface area contributed by atoms with E-state index in [1.165, 1.54) is 10.8 Å². The average Bonchev–Trinajstić information content (AvgIpc) is 3.63. The first-order chi connectivity index (χ1) is 21.7. The normalized spacial score (nSPS) is 12.6. The van der Waals surface area contributed by atoms with Crippen molar-refractivity contribution < 1.29 is 4.42 Å². The van der Waals surface area contributed by atoms with Crippen LogP contribution in [0, 0.1) is 0 Å². The predicted molar refractivity (Wildman–Crippen MR) is 184 cm³/mol. The summed E-state index contributed by atoms with van der Waals surface area (Å²) in [6, 6.07) is 50.4. The largest absolute Gasteiger partial charge is 0.455 e. The minimum atomic E-state index is 0.561. The van der Waals surface area contributed by atoms with E-state index < -0.39 is 0 Å². The van der Waals surface area contributed by atoms with Gasteiger partial charge in [0.05, 0.1) is 17.6 Å². The van der Waals surface area contributed by atoms with Crippen LogP contribution >= 0.6 is 0 Å². The third-order valence-corrected chi connectivity index (χ3v) is 8.27. The quantitative estimate of drug-likeness (QED) is 0.154. The van der Waals surface area contributed by atoms with Crippen LogP contribution in [-0.4, -0.2) is 16.2 Å². The van der Waals surface area contributed by atoms with Gasteiger partial charge in [-0.1, -0.05) is 121 Å². The number of benzene rings is 6. The van der Waals surface area contributed by atoms with Gasteiger partial charge in [0.25, 0.3) is 0 Å². The molecule has 0 unspecified atom stereocenters. The summed E-state index contributed by atoms with van der Waals surface area (Å²) < 4.78 is 8.63. The maximum Gasteiger partial charge on any atom is 0.156 e. The van der Waals surface area contributed by atoms with Crippen LogP contribution in [0.4, 0.5) is 0 Å². The molecule has 0 aliphatic rings. The number of hydrogen-bond acceptors (Lipinski definition) is 2. The average molecular weight is 568 g/mol. The van der Waals surface area contributed by atoms with Crippen molar-refractivity contribution in [3.63, 3.8) is 0 Å². The van der Waals surface area contributed by atoms with Gasteiger partial charge in [-0.25, -0.2) is 4.99 Å². The highest BCUT2D eigenvalue weighted by Gasteiger charge is 2.17. The summed E-state index contributed by atoms with van der Waals surface area (Å²) in [6.45, 7) is 2.63. The van der Waals surface area contributed by atoms with Crippen molar-refractivity contribution in [3.05, 3.63) is 157 Å². The summed E-state index contributed by atoms with van der Waals surface area (Å²) in [4.78, 5) is 10.1. The number of furan rings is 1. The van der Waals surface area contributed by atoms with Crippen molar-refractivity contribution in [1.29, 1.82) is 0 Å². The molecule has 0 aliphatic carbocycles. The minimum absolute atomic E-state index is 0.561. The van der Waals surface area contributed by atoms with Crippen LogP contribution in [0.2, 0.25) is 0 Å². The Morgan fingerprint density at radius 2 is 1.30 bits per heavy atom. The molecule has 2 aromatic heterocycles. The van der Waals surface area contributed by atoms with Crippen LogP contribution in [0.25, 0.3) is 54.9 Å². The standard InChI is InChI=1S/C40H29N3O/c1-27(42-40(29-15-6-3-7-16-29)41-26-28-13-4-2-5-14-28)43-36-21-10-8-17-32(36)35-25-30(23-24-37(35)43)31-19-12-20-34-33-18-9-11-22-38(33)44-39(31)34/h2-25H,26H2,1H3/b41-40-,42-27+. The molecule has 210 valence electrons. The Hall–Kier alpha value is -5.74. The number of aromatic nitrogens is 1. The summed E-state index contributed by atoms with van der Waals surface area (Å²) in [5.41, 5.74) is 8.37. The molecule has 0 spiro atoms. The van der Waals surface area contributed by atoms with Gasteiger partial charge in [-0.15, -0.1) is 0 Å². The SMILES string of the molecule is C/C(=N\C(=N/Cc1ccccc1)c1ccccc1)n1c2ccccc2c2cc(-c3cccc4c3oc3ccccc34)ccc21. The monoisotopic (exact) mass is 567 g/mol. The fourth-order valence-electron chi connectivity index (χ4n) is 6.19. The Labute approximate surface area is 255 Å². The zero-order valence-electron chi connectivity index (χ0n) is 24.3. The fourth-order valence-corrected chi connectivity index (χ4v) is 6.19. The van der Waals surface area contributed by atoms with E-state index in [1.54, 1.807) is 0 Å². The topological polar surface area (TPSA) is 42.8 Å². The highest BCUT2D eigenvalue weighted by molar-refractivity contribution is 6.17. The lowest BCUT2D eigenvalue weighted by Crippen LogP contribution is -2.11. The number of nitrogens with zero attached hydrogens (tertiary/aromatic N) is 3. The predicted octanol–water partition coefficient (Wildman–Crippen LogP) is 10.3. The summed E-state index contributed by atoms with van der Waals surface area (Å²) in [7, 11) is 0. The minimum Gasteiger partial charge on any atom is -0.455 e. The molecule has 0 amide bonds. The Kier molecular flexibility index (Phi) is 6.38. The smallest absolute Gasteiger partial charge is 0.156 e. The first kappa shape index (κ1) is 25.9. The van der Waals surface area contributed by atoms with E-state index in [9.17, 15) is 0 Å². The Morgan fingerprint density at radius 1 is 0.614 bits per heavy atom. The molecule has 0 radical (unpaired) electrons. The second-order valence-electron chi connectivity index (χ2n) is 11.0. The molecule has 0 saturated heterocycles. The van der Waals surface area contributed by atoms with Gasteiger partial charge in [-0.3, -0.25) is 9.56 Å². The van der Waals surface area contributed by atoms with Crippen molar-refractivity contribution in [2.45, 2.75) is 13.5 Å². The van der Waals surface area contributed by atoms with Gasteiger partial charge in [-0.2, -0.15) is 0 Å². The second kappa shape index (κ2) is 10.8. The first-order valence-corrected chi connectivity index (χ1v) is 14.9. The third kappa shape index (κ3) is 4.48. The van der Waals surface area contributed by atoms with Crippen molar-refractivity contribution >= 4 is 55.4 Å². The Morgan fingerprint density at radius 3 is 2.14 bits per heavy atom. The number of rotatable bonds is 4. The van der Waals surface area contributed by atoms with Gasteiger partial charge >= 0.3 is 0 Å². The van der Waals surface area contributed by atoms with E-state index in [2.05, 4.69) is 109 Å². The molecule has 8 aromatic rings. The van der Waals surface area contributed by atoms with Gasteiger partial charge in [0, 0.05) is 32.7 Å². The molecule has 0 atom stereocenters. The fraction of sp³-hybridized carbons (Fsp3) is 0.0500. The molecule has 44 heavy (non-hydrogen) atoms. The van der Waals surface area contributed by atoms with Gasteiger partial charge in [-0.05, 0) is 42.3 Å². The zero-order valence-corrected chi connectivity index (χ0v) is 24.3. The van der Waals surface area contributed by atoms with Gasteiger partial charge in [0.1, 0.15) is 17.0 Å². The highest BCUT2D eigenvalue weighted by Crippen LogP contribution is 2.38. The lowest BCUT2D eigenvalue weighted by Gasteiger charge is -2.10. The summed E-state index contributed by atoms with van der Waals surface area (Å²) in [6.07, 6.45) is 0. The van der Waals surface area contributed by atoms with Crippen LogP contribution < -0.4 is 0 Å². The zero-order chi connectivity index (χ0) is 29.5. The number of aliphatic imine (C=N–C) groups is 2. The number of hydrogen-bond donors (Lipinski definition) is 0. The highest BCUT2D eigenvalue weighted by atomic mass is 16.3. The molecule has 8 rings (SSSR count). The maximum atomic E-state index is 6.38. The molecule has 4 nitrogen and oxygen atoms in total. The lowest BCUT2D eigenvalue weighted by molar-refractivity contribution is 0.670. The molecule has 0 N–H and O–H groups in total. The van der Waals surface area contributed by atoms with Gasteiger partial charge in [0.2, 0.25) is 0 Å². The van der Waals surface area contributed by atoms with Crippen molar-refractivity contribution in [2.24, 2.45) is 9.98 Å². The first-order valence-electron chi connectivity index (χ1n) is 14.9. The van der Waals surface area contributed by atoms with E-state index in [0.717, 1.165) is 61.1 Å². The van der Waals surface area contributed by atoms with E-state index >= 15 is 0 Å². The third-order valence-electron chi connectivity index (χ3n) is 8.27. The molecule has 6 aromatic carbocycles. The van der Waals surface area contributed by atoms with Gasteiger partial charge < -0.3 is 4.42 Å². The number of amidine groups is 1. The molecule has 0 bridgehead atoms. The van der Waals surface area contributed by atoms with Gasteiger partial charge in [0.15, 0.2) is 5.84 Å². The molecular weight excluding hydrogens is 538 g/mol. The molecular formula is C40H29N3O. The summed E-state index contributed by atoms with van der Waals surface area (Å²) in [5, 5.41) is 4.62. The number of fused-ring (bicyclic) bond motifs is 6. The molecule has 0 aliphatic heterocycles.